The van der Waals surface area contributed by atoms with Crippen molar-refractivity contribution in [1.29, 1.82) is 0 Å². The molecule has 1 fully saturated rings. The van der Waals surface area contributed by atoms with Crippen molar-refractivity contribution in [2.24, 2.45) is 0 Å². The molecular formula is C16H24O7. The maximum atomic E-state index is 11.9. The molecule has 0 unspecified atom stereocenters. The molecule has 2 atom stereocenters. The minimum Gasteiger partial charge on any atom is -0.464 e. The number of Topliss-reactive ketones (excluding diaryl/α,β-unsaturated/α-hetero) is 1. The third-order valence-corrected chi connectivity index (χ3v) is 3.07. The lowest BCUT2D eigenvalue weighted by atomic mass is 10.2. The topological polar surface area (TPSA) is 88.1 Å². The van der Waals surface area contributed by atoms with Crippen molar-refractivity contribution >= 4 is 17.7 Å². The van der Waals surface area contributed by atoms with Gasteiger partial charge in [-0.2, -0.15) is 0 Å². The second-order valence-electron chi connectivity index (χ2n) is 5.01. The van der Waals surface area contributed by atoms with E-state index in [0.717, 1.165) is 6.42 Å². The Hall–Kier alpha value is -1.73. The van der Waals surface area contributed by atoms with Gasteiger partial charge in [-0.15, -0.1) is 0 Å². The van der Waals surface area contributed by atoms with Gasteiger partial charge in [-0.1, -0.05) is 6.08 Å². The molecule has 1 rings (SSSR count). The lowest BCUT2D eigenvalue weighted by Crippen LogP contribution is -2.39. The third kappa shape index (κ3) is 6.50. The predicted molar refractivity (Wildman–Crippen MR) is 80.5 cm³/mol. The molecule has 0 spiro atoms. The Bertz CT molecular complexity index is 418. The molecule has 0 radical (unpaired) electrons. The van der Waals surface area contributed by atoms with Gasteiger partial charge in [0.25, 0.3) is 0 Å². The molecule has 0 aliphatic carbocycles. The van der Waals surface area contributed by atoms with Gasteiger partial charge in [-0.3, -0.25) is 0 Å². The first-order chi connectivity index (χ1) is 11.0. The molecule has 7 heteroatoms. The van der Waals surface area contributed by atoms with E-state index in [1.807, 2.05) is 0 Å². The SMILES string of the molecule is CCOC(=O)[C@H]1OC(/C=C/CCCC(C)=O)O[C@@H]1C(=O)OCC. The Labute approximate surface area is 135 Å². The van der Waals surface area contributed by atoms with Crippen LogP contribution in [0.15, 0.2) is 12.2 Å². The number of ether oxygens (including phenoxy) is 4. The van der Waals surface area contributed by atoms with E-state index in [1.165, 1.54) is 0 Å². The molecule has 0 aromatic heterocycles. The Kier molecular flexibility index (Phi) is 8.50. The van der Waals surface area contributed by atoms with E-state index in [4.69, 9.17) is 18.9 Å². The van der Waals surface area contributed by atoms with Crippen LogP contribution in [0.2, 0.25) is 0 Å². The minimum absolute atomic E-state index is 0.136. The first kappa shape index (κ1) is 19.3. The van der Waals surface area contributed by atoms with E-state index in [0.29, 0.717) is 12.8 Å². The smallest absolute Gasteiger partial charge is 0.338 e. The maximum absolute atomic E-state index is 11.9. The molecule has 1 aliphatic rings. The summed E-state index contributed by atoms with van der Waals surface area (Å²) < 4.78 is 20.6. The fraction of sp³-hybridized carbons (Fsp3) is 0.688. The van der Waals surface area contributed by atoms with Crippen LogP contribution in [-0.4, -0.2) is 49.4 Å². The van der Waals surface area contributed by atoms with Crippen molar-refractivity contribution in [1.82, 2.24) is 0 Å². The van der Waals surface area contributed by atoms with Crippen LogP contribution < -0.4 is 0 Å². The number of carbonyl (C=O) groups excluding carboxylic acids is 3. The number of ketones is 1. The average molecular weight is 328 g/mol. The van der Waals surface area contributed by atoms with E-state index >= 15 is 0 Å². The van der Waals surface area contributed by atoms with Gasteiger partial charge in [0.2, 0.25) is 0 Å². The molecule has 0 saturated carbocycles. The summed E-state index contributed by atoms with van der Waals surface area (Å²) in [6, 6.07) is 0. The number of hydrogen-bond donors (Lipinski definition) is 0. The Morgan fingerprint density at radius 3 is 1.96 bits per heavy atom. The lowest BCUT2D eigenvalue weighted by molar-refractivity contribution is -0.163. The zero-order chi connectivity index (χ0) is 17.2. The monoisotopic (exact) mass is 328 g/mol. The molecule has 0 aromatic carbocycles. The second kappa shape index (κ2) is 10.1. The van der Waals surface area contributed by atoms with E-state index in [-0.39, 0.29) is 19.0 Å². The number of esters is 2. The highest BCUT2D eigenvalue weighted by Crippen LogP contribution is 2.23. The first-order valence-electron chi connectivity index (χ1n) is 7.79. The Balaban J connectivity index is 2.60. The van der Waals surface area contributed by atoms with Crippen LogP contribution in [0.4, 0.5) is 0 Å². The summed E-state index contributed by atoms with van der Waals surface area (Å²) in [6.07, 6.45) is 2.22. The summed E-state index contributed by atoms with van der Waals surface area (Å²) in [5, 5.41) is 0. The first-order valence-corrected chi connectivity index (χ1v) is 7.79. The molecular weight excluding hydrogens is 304 g/mol. The fourth-order valence-electron chi connectivity index (χ4n) is 2.04. The van der Waals surface area contributed by atoms with Crippen molar-refractivity contribution in [2.45, 2.75) is 58.5 Å². The highest BCUT2D eigenvalue weighted by atomic mass is 16.8. The van der Waals surface area contributed by atoms with Crippen molar-refractivity contribution in [3.05, 3.63) is 12.2 Å². The normalized spacial score (nSPS) is 21.5. The van der Waals surface area contributed by atoms with Crippen LogP contribution in [0.5, 0.6) is 0 Å². The van der Waals surface area contributed by atoms with E-state index in [2.05, 4.69) is 0 Å². The largest absolute Gasteiger partial charge is 0.464 e. The molecule has 0 N–H and O–H groups in total. The van der Waals surface area contributed by atoms with Crippen LogP contribution >= 0.6 is 0 Å². The predicted octanol–water partition coefficient (Wildman–Crippen LogP) is 1.54. The van der Waals surface area contributed by atoms with E-state index in [1.54, 1.807) is 32.9 Å². The summed E-state index contributed by atoms with van der Waals surface area (Å²) in [6.45, 7) is 5.24. The second-order valence-corrected chi connectivity index (χ2v) is 5.01. The summed E-state index contributed by atoms with van der Waals surface area (Å²) in [5.74, 6) is -1.17. The molecule has 1 saturated heterocycles. The van der Waals surface area contributed by atoms with Gasteiger partial charge in [-0.25, -0.2) is 9.59 Å². The minimum atomic E-state index is -1.14. The molecule has 0 aromatic rings. The maximum Gasteiger partial charge on any atom is 0.338 e. The number of carbonyl (C=O) groups is 3. The van der Waals surface area contributed by atoms with Crippen LogP contribution in [0.25, 0.3) is 0 Å². The van der Waals surface area contributed by atoms with Gasteiger partial charge >= 0.3 is 11.9 Å². The zero-order valence-electron chi connectivity index (χ0n) is 13.8. The number of unbranched alkanes of at least 4 members (excludes halogenated alkanes) is 1. The number of hydrogen-bond acceptors (Lipinski definition) is 7. The Morgan fingerprint density at radius 2 is 1.52 bits per heavy atom. The van der Waals surface area contributed by atoms with E-state index in [9.17, 15) is 14.4 Å². The summed E-state index contributed by atoms with van der Waals surface area (Å²) >= 11 is 0. The number of rotatable bonds is 9. The lowest BCUT2D eigenvalue weighted by Gasteiger charge is -2.13. The van der Waals surface area contributed by atoms with Crippen molar-refractivity contribution < 1.29 is 33.3 Å². The fourth-order valence-corrected chi connectivity index (χ4v) is 2.04. The summed E-state index contributed by atoms with van der Waals surface area (Å²) in [4.78, 5) is 34.6. The quantitative estimate of drug-likeness (QED) is 0.360. The molecule has 0 amide bonds. The molecule has 23 heavy (non-hydrogen) atoms. The number of allylic oxidation sites excluding steroid dienone is 1. The van der Waals surface area contributed by atoms with Gasteiger partial charge in [0.1, 0.15) is 5.78 Å². The van der Waals surface area contributed by atoms with Gasteiger partial charge in [0, 0.05) is 6.42 Å². The standard InChI is InChI=1S/C16H24O7/c1-4-20-15(18)13-14(16(19)21-5-2)23-12(22-13)10-8-6-7-9-11(3)17/h8,10,12-14H,4-7,9H2,1-3H3/b10-8+/t13-,14-/m0/s1. The third-order valence-electron chi connectivity index (χ3n) is 3.07. The van der Waals surface area contributed by atoms with Crippen molar-refractivity contribution in [3.63, 3.8) is 0 Å². The highest BCUT2D eigenvalue weighted by molar-refractivity contribution is 5.86. The molecule has 130 valence electrons. The zero-order valence-corrected chi connectivity index (χ0v) is 13.8. The van der Waals surface area contributed by atoms with Crippen LogP contribution in [0.3, 0.4) is 0 Å². The van der Waals surface area contributed by atoms with Crippen molar-refractivity contribution in [3.8, 4) is 0 Å². The molecule has 7 nitrogen and oxygen atoms in total. The van der Waals surface area contributed by atoms with Crippen molar-refractivity contribution in [2.75, 3.05) is 13.2 Å². The van der Waals surface area contributed by atoms with Gasteiger partial charge in [-0.05, 0) is 39.7 Å². The summed E-state index contributed by atoms with van der Waals surface area (Å²) in [5.41, 5.74) is 0. The average Bonchev–Trinajstić information content (AvgIpc) is 2.91. The summed E-state index contributed by atoms with van der Waals surface area (Å²) in [7, 11) is 0. The van der Waals surface area contributed by atoms with Crippen LogP contribution in [-0.2, 0) is 33.3 Å². The van der Waals surface area contributed by atoms with Gasteiger partial charge in [0.05, 0.1) is 13.2 Å². The Morgan fingerprint density at radius 1 is 1.00 bits per heavy atom. The van der Waals surface area contributed by atoms with Crippen LogP contribution in [0.1, 0.15) is 40.0 Å². The van der Waals surface area contributed by atoms with E-state index < -0.39 is 30.4 Å². The molecule has 1 heterocycles. The highest BCUT2D eigenvalue weighted by Gasteiger charge is 2.46. The van der Waals surface area contributed by atoms with Crippen LogP contribution in [0, 0.1) is 0 Å². The van der Waals surface area contributed by atoms with Gasteiger partial charge < -0.3 is 23.7 Å². The molecule has 0 bridgehead atoms. The van der Waals surface area contributed by atoms with Gasteiger partial charge in [0.15, 0.2) is 18.5 Å². The molecule has 1 aliphatic heterocycles.